The molecule has 1 fully saturated rings. The van der Waals surface area contributed by atoms with Gasteiger partial charge in [-0.3, -0.25) is 9.59 Å². The van der Waals surface area contributed by atoms with Crippen LogP contribution in [0.4, 0.5) is 0 Å². The molecule has 3 aromatic rings. The van der Waals surface area contributed by atoms with Gasteiger partial charge < -0.3 is 19.3 Å². The van der Waals surface area contributed by atoms with Crippen LogP contribution in [0.2, 0.25) is 0 Å². The number of rotatable bonds is 1. The Morgan fingerprint density at radius 2 is 1.80 bits per heavy atom. The van der Waals surface area contributed by atoms with Crippen molar-refractivity contribution < 1.29 is 19.1 Å². The number of carbonyl (C=O) groups is 2. The van der Waals surface area contributed by atoms with Gasteiger partial charge in [0.25, 0.3) is 11.8 Å². The molecule has 5 rings (SSSR count). The summed E-state index contributed by atoms with van der Waals surface area (Å²) >= 11 is 0. The van der Waals surface area contributed by atoms with Crippen molar-refractivity contribution in [2.75, 3.05) is 39.9 Å². The number of fused-ring (bicyclic) bond motifs is 2. The van der Waals surface area contributed by atoms with Gasteiger partial charge in [-0.25, -0.2) is 4.98 Å². The number of aryl methyl sites for hydroxylation is 1. The molecule has 2 aromatic carbocycles. The molecule has 0 bridgehead atoms. The largest absolute Gasteiger partial charge is 0.491 e. The number of aromatic nitrogens is 1. The van der Waals surface area contributed by atoms with E-state index in [1.54, 1.807) is 22.9 Å². The molecule has 0 saturated carbocycles. The summed E-state index contributed by atoms with van der Waals surface area (Å²) in [5, 5.41) is 0.988. The summed E-state index contributed by atoms with van der Waals surface area (Å²) in [6.45, 7) is 1.82. The molecule has 1 aromatic heterocycles. The molecule has 182 valence electrons. The van der Waals surface area contributed by atoms with Gasteiger partial charge in [0, 0.05) is 19.0 Å². The number of para-hydroxylation sites is 2. The number of hydrogen-bond acceptors (Lipinski definition) is 5. The minimum atomic E-state index is -1.06. The predicted molar refractivity (Wildman–Crippen MR) is 133 cm³/mol. The zero-order chi connectivity index (χ0) is 24.3. The van der Waals surface area contributed by atoms with Gasteiger partial charge in [0.15, 0.2) is 5.60 Å². The predicted octanol–water partition coefficient (Wildman–Crippen LogP) is 3.71. The standard InChI is InChI=1S/C28H31N3O4/c1-30-16-18-34-25-12-5-3-9-22(25)10-6-7-15-28(27(30)33)20-31(17-19-35-28)26(32)24-14-13-21-8-2-4-11-23(21)29-24/h2-5,8-9,11-14H,6-7,10,15-20H2,1H3. The average Bonchev–Trinajstić information content (AvgIpc) is 2.90. The second kappa shape index (κ2) is 10.0. The van der Waals surface area contributed by atoms with E-state index in [9.17, 15) is 9.59 Å². The number of carbonyl (C=O) groups excluding carboxylic acids is 2. The van der Waals surface area contributed by atoms with Gasteiger partial charge in [-0.15, -0.1) is 0 Å². The number of pyridine rings is 1. The van der Waals surface area contributed by atoms with Crippen molar-refractivity contribution >= 4 is 22.7 Å². The van der Waals surface area contributed by atoms with Crippen molar-refractivity contribution in [3.8, 4) is 5.75 Å². The summed E-state index contributed by atoms with van der Waals surface area (Å²) in [5.41, 5.74) is 1.29. The molecule has 35 heavy (non-hydrogen) atoms. The number of hydrogen-bond donors (Lipinski definition) is 0. The Balaban J connectivity index is 1.37. The highest BCUT2D eigenvalue weighted by molar-refractivity contribution is 5.96. The Bertz CT molecular complexity index is 1230. The Hall–Kier alpha value is -3.45. The summed E-state index contributed by atoms with van der Waals surface area (Å²) in [6, 6.07) is 19.5. The van der Waals surface area contributed by atoms with E-state index in [0.717, 1.165) is 35.9 Å². The molecule has 1 saturated heterocycles. The lowest BCUT2D eigenvalue weighted by Gasteiger charge is -2.43. The van der Waals surface area contributed by atoms with Crippen LogP contribution in [0.1, 0.15) is 35.3 Å². The van der Waals surface area contributed by atoms with Crippen LogP contribution < -0.4 is 4.74 Å². The Kier molecular flexibility index (Phi) is 6.68. The maximum Gasteiger partial charge on any atom is 0.272 e. The van der Waals surface area contributed by atoms with Gasteiger partial charge >= 0.3 is 0 Å². The highest BCUT2D eigenvalue weighted by atomic mass is 16.5. The third-order valence-corrected chi connectivity index (χ3v) is 6.96. The van der Waals surface area contributed by atoms with Crippen molar-refractivity contribution in [2.45, 2.75) is 31.3 Å². The quantitative estimate of drug-likeness (QED) is 0.539. The molecule has 0 N–H and O–H groups in total. The van der Waals surface area contributed by atoms with E-state index in [0.29, 0.717) is 38.4 Å². The van der Waals surface area contributed by atoms with Gasteiger partial charge in [0.1, 0.15) is 18.1 Å². The van der Waals surface area contributed by atoms with Gasteiger partial charge in [-0.1, -0.05) is 42.5 Å². The fraction of sp³-hybridized carbons (Fsp3) is 0.393. The van der Waals surface area contributed by atoms with Gasteiger partial charge in [-0.2, -0.15) is 0 Å². The Labute approximate surface area is 205 Å². The first-order valence-electron chi connectivity index (χ1n) is 12.3. The van der Waals surface area contributed by atoms with E-state index in [4.69, 9.17) is 9.47 Å². The van der Waals surface area contributed by atoms with Crippen molar-refractivity contribution in [2.24, 2.45) is 0 Å². The summed E-state index contributed by atoms with van der Waals surface area (Å²) in [5.74, 6) is 0.619. The minimum Gasteiger partial charge on any atom is -0.491 e. The first-order valence-corrected chi connectivity index (χ1v) is 12.3. The van der Waals surface area contributed by atoms with Crippen LogP contribution in [-0.4, -0.2) is 72.1 Å². The normalized spacial score (nSPS) is 21.7. The smallest absolute Gasteiger partial charge is 0.272 e. The Morgan fingerprint density at radius 3 is 2.71 bits per heavy atom. The van der Waals surface area contributed by atoms with Crippen LogP contribution in [0.3, 0.4) is 0 Å². The summed E-state index contributed by atoms with van der Waals surface area (Å²) in [6.07, 6.45) is 3.15. The number of morpholine rings is 1. The molecule has 7 nitrogen and oxygen atoms in total. The van der Waals surface area contributed by atoms with Crippen LogP contribution in [0.25, 0.3) is 10.9 Å². The fourth-order valence-corrected chi connectivity index (χ4v) is 5.01. The molecule has 2 aliphatic rings. The van der Waals surface area contributed by atoms with Crippen LogP contribution >= 0.6 is 0 Å². The molecule has 1 unspecified atom stereocenters. The van der Waals surface area contributed by atoms with Crippen molar-refractivity contribution in [3.05, 3.63) is 71.9 Å². The number of likely N-dealkylation sites (N-methyl/N-ethyl adjacent to an activating group) is 1. The van der Waals surface area contributed by atoms with Crippen LogP contribution in [0.15, 0.2) is 60.7 Å². The minimum absolute atomic E-state index is 0.0982. The number of amides is 2. The van der Waals surface area contributed by atoms with Crippen LogP contribution in [0.5, 0.6) is 5.75 Å². The molecule has 0 aliphatic carbocycles. The van der Waals surface area contributed by atoms with E-state index in [1.807, 2.05) is 48.5 Å². The first kappa shape index (κ1) is 23.3. The van der Waals surface area contributed by atoms with Gasteiger partial charge in [-0.05, 0) is 49.4 Å². The number of nitrogens with zero attached hydrogens (tertiary/aromatic N) is 3. The molecular weight excluding hydrogens is 442 g/mol. The maximum absolute atomic E-state index is 13.7. The average molecular weight is 474 g/mol. The maximum atomic E-state index is 13.7. The van der Waals surface area contributed by atoms with E-state index < -0.39 is 5.60 Å². The second-order valence-corrected chi connectivity index (χ2v) is 9.35. The molecule has 0 radical (unpaired) electrons. The van der Waals surface area contributed by atoms with Crippen molar-refractivity contribution in [3.63, 3.8) is 0 Å². The lowest BCUT2D eigenvalue weighted by atomic mass is 9.91. The van der Waals surface area contributed by atoms with Crippen LogP contribution in [-0.2, 0) is 16.0 Å². The summed E-state index contributed by atoms with van der Waals surface area (Å²) in [7, 11) is 1.78. The third-order valence-electron chi connectivity index (χ3n) is 6.96. The van der Waals surface area contributed by atoms with Gasteiger partial charge in [0.05, 0.1) is 25.2 Å². The lowest BCUT2D eigenvalue weighted by molar-refractivity contribution is -0.169. The highest BCUT2D eigenvalue weighted by Gasteiger charge is 2.46. The monoisotopic (exact) mass is 473 g/mol. The lowest BCUT2D eigenvalue weighted by Crippen LogP contribution is -2.61. The first-order chi connectivity index (χ1) is 17.1. The van der Waals surface area contributed by atoms with E-state index in [1.165, 1.54) is 5.56 Å². The number of ether oxygens (including phenoxy) is 2. The van der Waals surface area contributed by atoms with E-state index in [-0.39, 0.29) is 18.4 Å². The SMILES string of the molecule is CN1CCOc2ccccc2CCCCC2(CN(C(=O)c3ccc4ccccc4n3)CCO2)C1=O. The van der Waals surface area contributed by atoms with E-state index in [2.05, 4.69) is 11.1 Å². The molecule has 2 amide bonds. The van der Waals surface area contributed by atoms with Crippen LogP contribution in [0, 0.1) is 0 Å². The molecule has 3 heterocycles. The summed E-state index contributed by atoms with van der Waals surface area (Å²) < 4.78 is 12.2. The Morgan fingerprint density at radius 1 is 0.971 bits per heavy atom. The summed E-state index contributed by atoms with van der Waals surface area (Å²) in [4.78, 5) is 35.1. The molecule has 1 spiro atoms. The number of benzene rings is 2. The van der Waals surface area contributed by atoms with Crippen molar-refractivity contribution in [1.29, 1.82) is 0 Å². The molecular formula is C28H31N3O4. The fourth-order valence-electron chi connectivity index (χ4n) is 5.01. The molecule has 7 heteroatoms. The highest BCUT2D eigenvalue weighted by Crippen LogP contribution is 2.30. The molecule has 2 aliphatic heterocycles. The molecule has 1 atom stereocenters. The van der Waals surface area contributed by atoms with E-state index >= 15 is 0 Å². The second-order valence-electron chi connectivity index (χ2n) is 9.35. The van der Waals surface area contributed by atoms with Crippen molar-refractivity contribution in [1.82, 2.24) is 14.8 Å². The zero-order valence-corrected chi connectivity index (χ0v) is 20.1. The third kappa shape index (κ3) is 4.86. The zero-order valence-electron chi connectivity index (χ0n) is 20.1. The van der Waals surface area contributed by atoms with Gasteiger partial charge in [0.2, 0.25) is 0 Å². The topological polar surface area (TPSA) is 72.0 Å².